The van der Waals surface area contributed by atoms with E-state index in [1.807, 2.05) is 62.1 Å². The third kappa shape index (κ3) is 3.52. The molecule has 4 rings (SSSR count). The van der Waals surface area contributed by atoms with Crippen molar-refractivity contribution in [3.63, 3.8) is 0 Å². The molecular weight excluding hydrogens is 394 g/mol. The van der Waals surface area contributed by atoms with Crippen LogP contribution in [0.5, 0.6) is 11.5 Å². The lowest BCUT2D eigenvalue weighted by molar-refractivity contribution is -0.132. The highest BCUT2D eigenvalue weighted by Gasteiger charge is 2.47. The molecular formula is C23H27N5O3. The van der Waals surface area contributed by atoms with Gasteiger partial charge in [-0.1, -0.05) is 18.2 Å². The molecule has 1 atom stereocenters. The number of hydrogen-bond acceptors (Lipinski definition) is 6. The number of carbonyl (C=O) groups excluding carboxylic acids is 1. The topological polar surface area (TPSA) is 82.4 Å². The zero-order valence-corrected chi connectivity index (χ0v) is 18.5. The number of aromatic nitrogens is 4. The van der Waals surface area contributed by atoms with Crippen molar-refractivity contribution in [1.82, 2.24) is 25.1 Å². The van der Waals surface area contributed by atoms with Crippen molar-refractivity contribution >= 4 is 5.91 Å². The summed E-state index contributed by atoms with van der Waals surface area (Å²) in [6.07, 6.45) is 1.06. The van der Waals surface area contributed by atoms with E-state index in [0.717, 1.165) is 22.4 Å². The summed E-state index contributed by atoms with van der Waals surface area (Å²) in [5.74, 6) is 2.13. The first-order chi connectivity index (χ1) is 14.9. The summed E-state index contributed by atoms with van der Waals surface area (Å²) in [7, 11) is 3.24. The smallest absolute Gasteiger partial charge is 0.223 e. The predicted molar refractivity (Wildman–Crippen MR) is 115 cm³/mol. The molecule has 0 saturated carbocycles. The van der Waals surface area contributed by atoms with Gasteiger partial charge < -0.3 is 14.4 Å². The van der Waals surface area contributed by atoms with Crippen LogP contribution in [0.4, 0.5) is 0 Å². The molecule has 3 aromatic rings. The maximum absolute atomic E-state index is 13.0. The van der Waals surface area contributed by atoms with Crippen molar-refractivity contribution in [2.24, 2.45) is 0 Å². The molecule has 0 radical (unpaired) electrons. The second-order valence-corrected chi connectivity index (χ2v) is 8.09. The first kappa shape index (κ1) is 20.8. The SMILES string of the molecule is COc1ccc(OC)c(CN2C(=O)CCC2(C)c2nnnn2-c2c(C)cccc2C)c1. The van der Waals surface area contributed by atoms with Gasteiger partial charge in [0.05, 0.1) is 26.5 Å². The maximum atomic E-state index is 13.0. The Labute approximate surface area is 181 Å². The number of nitrogens with zero attached hydrogens (tertiary/aromatic N) is 5. The largest absolute Gasteiger partial charge is 0.497 e. The van der Waals surface area contributed by atoms with Gasteiger partial charge in [-0.15, -0.1) is 5.10 Å². The van der Waals surface area contributed by atoms with Crippen LogP contribution in [0.15, 0.2) is 36.4 Å². The third-order valence-corrected chi connectivity index (χ3v) is 6.14. The molecule has 162 valence electrons. The molecule has 2 heterocycles. The van der Waals surface area contributed by atoms with Gasteiger partial charge >= 0.3 is 0 Å². The van der Waals surface area contributed by atoms with E-state index < -0.39 is 5.54 Å². The summed E-state index contributed by atoms with van der Waals surface area (Å²) in [5, 5.41) is 12.7. The summed E-state index contributed by atoms with van der Waals surface area (Å²) >= 11 is 0. The van der Waals surface area contributed by atoms with Gasteiger partial charge in [-0.05, 0) is 66.9 Å². The van der Waals surface area contributed by atoms with E-state index in [1.165, 1.54) is 0 Å². The highest BCUT2D eigenvalue weighted by Crippen LogP contribution is 2.41. The number of methoxy groups -OCH3 is 2. The first-order valence-electron chi connectivity index (χ1n) is 10.3. The second-order valence-electron chi connectivity index (χ2n) is 8.09. The van der Waals surface area contributed by atoms with Crippen molar-refractivity contribution in [3.8, 4) is 17.2 Å². The summed E-state index contributed by atoms with van der Waals surface area (Å²) in [6.45, 7) is 6.47. The van der Waals surface area contributed by atoms with Crippen molar-refractivity contribution in [3.05, 3.63) is 58.9 Å². The molecule has 1 aromatic heterocycles. The number of amides is 1. The number of tetrazole rings is 1. The van der Waals surface area contributed by atoms with E-state index in [0.29, 0.717) is 36.7 Å². The molecule has 1 saturated heterocycles. The van der Waals surface area contributed by atoms with Gasteiger partial charge in [-0.2, -0.15) is 4.68 Å². The van der Waals surface area contributed by atoms with Crippen molar-refractivity contribution in [2.75, 3.05) is 14.2 Å². The Morgan fingerprint density at radius 3 is 2.52 bits per heavy atom. The minimum Gasteiger partial charge on any atom is -0.497 e. The molecule has 8 nitrogen and oxygen atoms in total. The van der Waals surface area contributed by atoms with Gasteiger partial charge in [-0.3, -0.25) is 4.79 Å². The highest BCUT2D eigenvalue weighted by atomic mass is 16.5. The average molecular weight is 422 g/mol. The van der Waals surface area contributed by atoms with Gasteiger partial charge in [0.15, 0.2) is 5.82 Å². The van der Waals surface area contributed by atoms with Gasteiger partial charge in [0.2, 0.25) is 5.91 Å². The fourth-order valence-corrected chi connectivity index (χ4v) is 4.38. The Balaban J connectivity index is 1.78. The lowest BCUT2D eigenvalue weighted by atomic mass is 9.96. The molecule has 2 aromatic carbocycles. The first-order valence-corrected chi connectivity index (χ1v) is 10.3. The molecule has 0 bridgehead atoms. The normalized spacial score (nSPS) is 18.5. The number of ether oxygens (including phenoxy) is 2. The van der Waals surface area contributed by atoms with Crippen LogP contribution in [0, 0.1) is 13.8 Å². The lowest BCUT2D eigenvalue weighted by Crippen LogP contribution is -2.42. The molecule has 0 aliphatic carbocycles. The molecule has 8 heteroatoms. The van der Waals surface area contributed by atoms with E-state index in [4.69, 9.17) is 9.47 Å². The highest BCUT2D eigenvalue weighted by molar-refractivity contribution is 5.80. The van der Waals surface area contributed by atoms with Crippen LogP contribution in [0.1, 0.15) is 42.3 Å². The molecule has 1 aliphatic heterocycles. The summed E-state index contributed by atoms with van der Waals surface area (Å²) in [6, 6.07) is 11.7. The molecule has 1 aliphatic rings. The van der Waals surface area contributed by atoms with E-state index in [9.17, 15) is 4.79 Å². The van der Waals surface area contributed by atoms with Crippen LogP contribution in [0.25, 0.3) is 5.69 Å². The number of carbonyl (C=O) groups is 1. The van der Waals surface area contributed by atoms with Crippen molar-refractivity contribution in [1.29, 1.82) is 0 Å². The molecule has 31 heavy (non-hydrogen) atoms. The monoisotopic (exact) mass is 421 g/mol. The van der Waals surface area contributed by atoms with Gasteiger partial charge in [0.25, 0.3) is 0 Å². The Morgan fingerprint density at radius 2 is 1.84 bits per heavy atom. The van der Waals surface area contributed by atoms with E-state index in [1.54, 1.807) is 18.9 Å². The number of hydrogen-bond donors (Lipinski definition) is 0. The van der Waals surface area contributed by atoms with E-state index >= 15 is 0 Å². The fraction of sp³-hybridized carbons (Fsp3) is 0.391. The van der Waals surface area contributed by atoms with Crippen LogP contribution >= 0.6 is 0 Å². The second kappa shape index (κ2) is 8.02. The summed E-state index contributed by atoms with van der Waals surface area (Å²) in [5.41, 5.74) is 3.30. The van der Waals surface area contributed by atoms with Crippen molar-refractivity contribution in [2.45, 2.75) is 45.7 Å². The zero-order valence-electron chi connectivity index (χ0n) is 18.5. The third-order valence-electron chi connectivity index (χ3n) is 6.14. The quantitative estimate of drug-likeness (QED) is 0.607. The Kier molecular flexibility index (Phi) is 5.39. The molecule has 1 unspecified atom stereocenters. The predicted octanol–water partition coefficient (Wildman–Crippen LogP) is 3.33. The number of para-hydroxylation sites is 1. The number of benzene rings is 2. The van der Waals surface area contributed by atoms with Crippen LogP contribution in [0.2, 0.25) is 0 Å². The molecule has 1 fully saturated rings. The van der Waals surface area contributed by atoms with Crippen LogP contribution in [-0.4, -0.2) is 45.2 Å². The summed E-state index contributed by atoms with van der Waals surface area (Å²) < 4.78 is 12.7. The van der Waals surface area contributed by atoms with E-state index in [2.05, 4.69) is 15.5 Å². The van der Waals surface area contributed by atoms with Crippen LogP contribution in [-0.2, 0) is 16.9 Å². The minimum atomic E-state index is -0.663. The van der Waals surface area contributed by atoms with Crippen LogP contribution < -0.4 is 9.47 Å². The Bertz CT molecular complexity index is 1110. The molecule has 1 amide bonds. The molecule has 0 N–H and O–H groups in total. The van der Waals surface area contributed by atoms with Gasteiger partial charge in [0, 0.05) is 12.0 Å². The van der Waals surface area contributed by atoms with Gasteiger partial charge in [0.1, 0.15) is 17.0 Å². The van der Waals surface area contributed by atoms with E-state index in [-0.39, 0.29) is 5.91 Å². The Hall–Kier alpha value is -3.42. The fourth-order valence-electron chi connectivity index (χ4n) is 4.38. The van der Waals surface area contributed by atoms with Gasteiger partial charge in [-0.25, -0.2) is 0 Å². The van der Waals surface area contributed by atoms with Crippen LogP contribution in [0.3, 0.4) is 0 Å². The summed E-state index contributed by atoms with van der Waals surface area (Å²) in [4.78, 5) is 14.8. The standard InChI is InChI=1S/C23H27N5O3/c1-15-7-6-8-16(2)21(15)28-22(24-25-26-28)23(3)12-11-20(29)27(23)14-17-13-18(30-4)9-10-19(17)31-5/h6-10,13H,11-12,14H2,1-5H3. The Morgan fingerprint density at radius 1 is 1.10 bits per heavy atom. The average Bonchev–Trinajstić information content (AvgIpc) is 3.35. The lowest BCUT2D eigenvalue weighted by Gasteiger charge is -2.34. The molecule has 0 spiro atoms. The minimum absolute atomic E-state index is 0.0587. The zero-order chi connectivity index (χ0) is 22.2. The number of aryl methyl sites for hydroxylation is 2. The maximum Gasteiger partial charge on any atom is 0.223 e. The number of likely N-dealkylation sites (tertiary alicyclic amines) is 1. The number of rotatable bonds is 6. The van der Waals surface area contributed by atoms with Crippen molar-refractivity contribution < 1.29 is 14.3 Å².